The monoisotopic (exact) mass is 450 g/mol. The number of benzene rings is 3. The fourth-order valence-corrected chi connectivity index (χ4v) is 5.19. The number of sulfonamides is 1. The maximum Gasteiger partial charge on any atom is 0.255 e. The molecule has 2 atom stereocenters. The van der Waals surface area contributed by atoms with Crippen LogP contribution in [0.25, 0.3) is 0 Å². The summed E-state index contributed by atoms with van der Waals surface area (Å²) in [6, 6.07) is 20.2. The van der Waals surface area contributed by atoms with E-state index in [-0.39, 0.29) is 10.8 Å². The van der Waals surface area contributed by atoms with Gasteiger partial charge >= 0.3 is 0 Å². The highest BCUT2D eigenvalue weighted by Crippen LogP contribution is 2.33. The van der Waals surface area contributed by atoms with Crippen LogP contribution in [0.3, 0.4) is 0 Å². The first-order valence-corrected chi connectivity index (χ1v) is 12.1. The van der Waals surface area contributed by atoms with Crippen molar-refractivity contribution in [2.24, 2.45) is 0 Å². The maximum atomic E-state index is 13.0. The molecule has 6 nitrogen and oxygen atoms in total. The summed E-state index contributed by atoms with van der Waals surface area (Å²) >= 11 is 0. The molecule has 0 bridgehead atoms. The van der Waals surface area contributed by atoms with Crippen molar-refractivity contribution in [2.75, 3.05) is 5.32 Å². The van der Waals surface area contributed by atoms with E-state index in [0.29, 0.717) is 29.7 Å². The first kappa shape index (κ1) is 22.2. The van der Waals surface area contributed by atoms with E-state index in [0.717, 1.165) is 17.5 Å². The zero-order chi connectivity index (χ0) is 22.7. The lowest BCUT2D eigenvalue weighted by Crippen LogP contribution is -2.39. The van der Waals surface area contributed by atoms with E-state index in [1.165, 1.54) is 0 Å². The minimum atomic E-state index is -3.84. The minimum Gasteiger partial charge on any atom is -0.391 e. The number of aryl methyl sites for hydroxylation is 2. The molecule has 0 radical (unpaired) electrons. The van der Waals surface area contributed by atoms with Gasteiger partial charge in [-0.05, 0) is 72.4 Å². The SMILES string of the molecule is CCc1ccc(S(=O)(=O)N[C@@H]2c3cc(NC(=O)c4ccccc4)ccc3CC[C@H]2O)cc1. The fraction of sp³-hybridized carbons (Fsp3) is 0.240. The topological polar surface area (TPSA) is 95.5 Å². The predicted molar refractivity (Wildman–Crippen MR) is 124 cm³/mol. The molecule has 0 unspecified atom stereocenters. The lowest BCUT2D eigenvalue weighted by Gasteiger charge is -2.31. The molecule has 166 valence electrons. The number of anilines is 1. The van der Waals surface area contributed by atoms with Gasteiger partial charge in [0, 0.05) is 11.3 Å². The summed E-state index contributed by atoms with van der Waals surface area (Å²) in [5.74, 6) is -0.255. The Hall–Kier alpha value is -3.00. The van der Waals surface area contributed by atoms with Gasteiger partial charge in [-0.15, -0.1) is 0 Å². The second kappa shape index (κ2) is 9.24. The van der Waals surface area contributed by atoms with Crippen LogP contribution in [0.5, 0.6) is 0 Å². The highest BCUT2D eigenvalue weighted by Gasteiger charge is 2.32. The third-order valence-corrected chi connectivity index (χ3v) is 7.25. The van der Waals surface area contributed by atoms with E-state index in [4.69, 9.17) is 0 Å². The van der Waals surface area contributed by atoms with Gasteiger partial charge < -0.3 is 10.4 Å². The summed E-state index contributed by atoms with van der Waals surface area (Å²) in [7, 11) is -3.84. The highest BCUT2D eigenvalue weighted by atomic mass is 32.2. The van der Waals surface area contributed by atoms with Gasteiger partial charge in [-0.25, -0.2) is 13.1 Å². The number of amides is 1. The number of rotatable bonds is 6. The molecule has 0 saturated heterocycles. The molecular weight excluding hydrogens is 424 g/mol. The van der Waals surface area contributed by atoms with Crippen molar-refractivity contribution >= 4 is 21.6 Å². The number of hydrogen-bond acceptors (Lipinski definition) is 4. The first-order chi connectivity index (χ1) is 15.4. The van der Waals surface area contributed by atoms with Crippen molar-refractivity contribution in [1.82, 2.24) is 4.72 Å². The van der Waals surface area contributed by atoms with Gasteiger partial charge in [0.2, 0.25) is 10.0 Å². The lowest BCUT2D eigenvalue weighted by molar-refractivity contribution is 0.102. The molecule has 1 amide bonds. The highest BCUT2D eigenvalue weighted by molar-refractivity contribution is 7.89. The Kier molecular flexibility index (Phi) is 6.41. The zero-order valence-electron chi connectivity index (χ0n) is 17.8. The van der Waals surface area contributed by atoms with Crippen LogP contribution in [0.2, 0.25) is 0 Å². The first-order valence-electron chi connectivity index (χ1n) is 10.7. The normalized spacial score (nSPS) is 18.1. The Balaban J connectivity index is 1.60. The Labute approximate surface area is 188 Å². The Bertz CT molecular complexity index is 1210. The number of carbonyl (C=O) groups excluding carboxylic acids is 1. The van der Waals surface area contributed by atoms with Crippen molar-refractivity contribution in [1.29, 1.82) is 0 Å². The standard InChI is InChI=1S/C25H26N2O4S/c1-2-17-8-13-21(14-9-17)32(30,31)27-24-22-16-20(12-10-18(22)11-15-23(24)28)26-25(29)19-6-4-3-5-7-19/h3-10,12-14,16,23-24,27-28H,2,11,15H2,1H3,(H,26,29)/t23-,24-/m1/s1. The second-order valence-corrected chi connectivity index (χ2v) is 9.65. The molecule has 0 heterocycles. The molecule has 0 aromatic heterocycles. The van der Waals surface area contributed by atoms with Gasteiger partial charge in [0.15, 0.2) is 0 Å². The summed E-state index contributed by atoms with van der Waals surface area (Å²) in [4.78, 5) is 12.7. The number of fused-ring (bicyclic) bond motifs is 1. The molecule has 3 aromatic carbocycles. The molecule has 3 N–H and O–H groups in total. The van der Waals surface area contributed by atoms with Crippen LogP contribution in [0, 0.1) is 0 Å². The number of aliphatic hydroxyl groups is 1. The van der Waals surface area contributed by atoms with Crippen molar-refractivity contribution < 1.29 is 18.3 Å². The molecule has 0 spiro atoms. The van der Waals surface area contributed by atoms with Gasteiger partial charge in [-0.2, -0.15) is 0 Å². The average Bonchev–Trinajstić information content (AvgIpc) is 2.81. The van der Waals surface area contributed by atoms with Crippen LogP contribution < -0.4 is 10.0 Å². The van der Waals surface area contributed by atoms with Crippen molar-refractivity contribution in [3.8, 4) is 0 Å². The summed E-state index contributed by atoms with van der Waals surface area (Å²) in [6.07, 6.45) is 1.03. The molecule has 7 heteroatoms. The molecule has 4 rings (SSSR count). The Morgan fingerprint density at radius 1 is 1.03 bits per heavy atom. The van der Waals surface area contributed by atoms with E-state index < -0.39 is 22.2 Å². The predicted octanol–water partition coefficient (Wildman–Crippen LogP) is 3.83. The van der Waals surface area contributed by atoms with E-state index >= 15 is 0 Å². The van der Waals surface area contributed by atoms with Crippen molar-refractivity contribution in [2.45, 2.75) is 43.2 Å². The molecule has 0 fully saturated rings. The summed E-state index contributed by atoms with van der Waals surface area (Å²) in [6.45, 7) is 2.01. The lowest BCUT2D eigenvalue weighted by atomic mass is 9.86. The van der Waals surface area contributed by atoms with Crippen LogP contribution >= 0.6 is 0 Å². The Morgan fingerprint density at radius 2 is 1.75 bits per heavy atom. The molecule has 1 aliphatic rings. The summed E-state index contributed by atoms with van der Waals surface area (Å²) < 4.78 is 28.7. The van der Waals surface area contributed by atoms with Gasteiger partial charge in [-0.1, -0.05) is 43.3 Å². The average molecular weight is 451 g/mol. The van der Waals surface area contributed by atoms with E-state index in [9.17, 15) is 18.3 Å². The van der Waals surface area contributed by atoms with Gasteiger partial charge in [0.25, 0.3) is 5.91 Å². The fourth-order valence-electron chi connectivity index (χ4n) is 3.94. The van der Waals surface area contributed by atoms with Gasteiger partial charge in [0.1, 0.15) is 0 Å². The quantitative estimate of drug-likeness (QED) is 0.532. The van der Waals surface area contributed by atoms with Gasteiger partial charge in [0.05, 0.1) is 17.0 Å². The number of carbonyl (C=O) groups is 1. The molecule has 3 aromatic rings. The summed E-state index contributed by atoms with van der Waals surface area (Å²) in [5.41, 5.74) is 3.73. The maximum absolute atomic E-state index is 13.0. The van der Waals surface area contributed by atoms with Crippen LogP contribution in [-0.4, -0.2) is 25.5 Å². The Morgan fingerprint density at radius 3 is 2.44 bits per heavy atom. The molecule has 32 heavy (non-hydrogen) atoms. The largest absolute Gasteiger partial charge is 0.391 e. The van der Waals surface area contributed by atoms with Gasteiger partial charge in [-0.3, -0.25) is 4.79 Å². The molecular formula is C25H26N2O4S. The number of hydrogen-bond donors (Lipinski definition) is 3. The molecule has 0 aliphatic heterocycles. The van der Waals surface area contributed by atoms with Crippen LogP contribution in [0.15, 0.2) is 77.7 Å². The third kappa shape index (κ3) is 4.75. The van der Waals surface area contributed by atoms with Crippen LogP contribution in [0.1, 0.15) is 46.4 Å². The summed E-state index contributed by atoms with van der Waals surface area (Å²) in [5, 5.41) is 13.5. The van der Waals surface area contributed by atoms with E-state index in [1.54, 1.807) is 60.7 Å². The van der Waals surface area contributed by atoms with E-state index in [1.807, 2.05) is 19.1 Å². The van der Waals surface area contributed by atoms with Crippen LogP contribution in [-0.2, 0) is 22.9 Å². The molecule has 1 aliphatic carbocycles. The number of aliphatic hydroxyl groups excluding tert-OH is 1. The molecule has 0 saturated carbocycles. The number of nitrogens with one attached hydrogen (secondary N) is 2. The van der Waals surface area contributed by atoms with Crippen LogP contribution in [0.4, 0.5) is 5.69 Å². The zero-order valence-corrected chi connectivity index (χ0v) is 18.6. The smallest absolute Gasteiger partial charge is 0.255 e. The second-order valence-electron chi connectivity index (χ2n) is 7.94. The third-order valence-electron chi connectivity index (χ3n) is 5.79. The minimum absolute atomic E-state index is 0.155. The van der Waals surface area contributed by atoms with Crippen molar-refractivity contribution in [3.05, 3.63) is 95.1 Å². The van der Waals surface area contributed by atoms with Crippen molar-refractivity contribution in [3.63, 3.8) is 0 Å². The van der Waals surface area contributed by atoms with E-state index in [2.05, 4.69) is 10.0 Å².